The minimum atomic E-state index is 0.634. The van der Waals surface area contributed by atoms with Crippen molar-refractivity contribution in [1.29, 1.82) is 0 Å². The molecule has 0 aromatic carbocycles. The van der Waals surface area contributed by atoms with Crippen molar-refractivity contribution < 1.29 is 0 Å². The fraction of sp³-hybridized carbons (Fsp3) is 0.500. The Morgan fingerprint density at radius 1 is 1.67 bits per heavy atom. The molecule has 0 radical (unpaired) electrons. The molecular weight excluding hydrogens is 110 g/mol. The molecule has 1 nitrogen and oxygen atoms in total. The largest absolute Gasteiger partial charge is 0.402 e. The third-order valence-corrected chi connectivity index (χ3v) is 1.52. The Hall–Kier alpha value is -0.720. The second-order valence-corrected chi connectivity index (χ2v) is 2.81. The molecule has 0 fully saturated rings. The Labute approximate surface area is 56.2 Å². The summed E-state index contributed by atoms with van der Waals surface area (Å²) in [6, 6.07) is 0. The number of rotatable bonds is 0. The lowest BCUT2D eigenvalue weighted by molar-refractivity contribution is 0.694. The van der Waals surface area contributed by atoms with Crippen LogP contribution in [0, 0.1) is 5.92 Å². The average molecular weight is 123 g/mol. The third kappa shape index (κ3) is 1.60. The van der Waals surface area contributed by atoms with Gasteiger partial charge >= 0.3 is 0 Å². The van der Waals surface area contributed by atoms with E-state index in [1.807, 2.05) is 6.08 Å². The standard InChI is InChI=1S/C8H13N/c1-6-3-7(2)5-8(9)4-6/h3-4,7H,5,9H2,1-2H3/t7-/m0/s1. The van der Waals surface area contributed by atoms with Gasteiger partial charge in [-0.05, 0) is 25.3 Å². The maximum atomic E-state index is 5.64. The predicted molar refractivity (Wildman–Crippen MR) is 39.8 cm³/mol. The summed E-state index contributed by atoms with van der Waals surface area (Å²) in [5.41, 5.74) is 7.95. The first-order valence-electron chi connectivity index (χ1n) is 3.33. The Morgan fingerprint density at radius 2 is 2.33 bits per heavy atom. The van der Waals surface area contributed by atoms with Gasteiger partial charge < -0.3 is 5.73 Å². The molecule has 0 aromatic rings. The normalized spacial score (nSPS) is 27.1. The van der Waals surface area contributed by atoms with Gasteiger partial charge in [0.15, 0.2) is 0 Å². The zero-order valence-corrected chi connectivity index (χ0v) is 6.02. The second-order valence-electron chi connectivity index (χ2n) is 2.81. The third-order valence-electron chi connectivity index (χ3n) is 1.52. The smallest absolute Gasteiger partial charge is 0.00888 e. The van der Waals surface area contributed by atoms with E-state index in [1.54, 1.807) is 0 Å². The van der Waals surface area contributed by atoms with Gasteiger partial charge in [0.25, 0.3) is 0 Å². The molecule has 0 unspecified atom stereocenters. The van der Waals surface area contributed by atoms with E-state index in [9.17, 15) is 0 Å². The summed E-state index contributed by atoms with van der Waals surface area (Å²) in [4.78, 5) is 0. The molecule has 0 saturated heterocycles. The number of hydrogen-bond donors (Lipinski definition) is 1. The van der Waals surface area contributed by atoms with Crippen LogP contribution in [0.3, 0.4) is 0 Å². The van der Waals surface area contributed by atoms with Gasteiger partial charge in [-0.25, -0.2) is 0 Å². The number of nitrogens with two attached hydrogens (primary N) is 1. The van der Waals surface area contributed by atoms with Crippen molar-refractivity contribution in [2.24, 2.45) is 11.7 Å². The molecule has 1 atom stereocenters. The van der Waals surface area contributed by atoms with Crippen LogP contribution in [-0.4, -0.2) is 0 Å². The SMILES string of the molecule is CC1=C[C@H](C)CC(N)=C1. The maximum Gasteiger partial charge on any atom is 0.00888 e. The molecule has 50 valence electrons. The van der Waals surface area contributed by atoms with Crippen molar-refractivity contribution >= 4 is 0 Å². The Balaban J connectivity index is 2.74. The lowest BCUT2D eigenvalue weighted by Gasteiger charge is -2.12. The molecule has 0 amide bonds. The van der Waals surface area contributed by atoms with Crippen LogP contribution in [0.15, 0.2) is 23.4 Å². The molecule has 0 saturated carbocycles. The first kappa shape index (κ1) is 6.40. The van der Waals surface area contributed by atoms with Crippen LogP contribution in [-0.2, 0) is 0 Å². The van der Waals surface area contributed by atoms with Gasteiger partial charge in [0.2, 0.25) is 0 Å². The lowest BCUT2D eigenvalue weighted by atomic mass is 9.97. The molecule has 1 aliphatic rings. The summed E-state index contributed by atoms with van der Waals surface area (Å²) in [5.74, 6) is 0.634. The maximum absolute atomic E-state index is 5.64. The molecule has 0 heterocycles. The van der Waals surface area contributed by atoms with E-state index in [0.717, 1.165) is 12.1 Å². The molecular formula is C8H13N. The van der Waals surface area contributed by atoms with Crippen LogP contribution in [0.4, 0.5) is 0 Å². The second kappa shape index (κ2) is 2.26. The van der Waals surface area contributed by atoms with Crippen LogP contribution >= 0.6 is 0 Å². The first-order chi connectivity index (χ1) is 4.18. The van der Waals surface area contributed by atoms with Crippen LogP contribution in [0.25, 0.3) is 0 Å². The zero-order valence-electron chi connectivity index (χ0n) is 6.02. The summed E-state index contributed by atoms with van der Waals surface area (Å²) in [7, 11) is 0. The Bertz CT molecular complexity index is 165. The van der Waals surface area contributed by atoms with E-state index in [-0.39, 0.29) is 0 Å². The van der Waals surface area contributed by atoms with Gasteiger partial charge in [-0.3, -0.25) is 0 Å². The molecule has 9 heavy (non-hydrogen) atoms. The fourth-order valence-electron chi connectivity index (χ4n) is 1.28. The van der Waals surface area contributed by atoms with Crippen LogP contribution in [0.5, 0.6) is 0 Å². The van der Waals surface area contributed by atoms with Gasteiger partial charge in [0.1, 0.15) is 0 Å². The van der Waals surface area contributed by atoms with Crippen molar-refractivity contribution in [3.05, 3.63) is 23.4 Å². The zero-order chi connectivity index (χ0) is 6.85. The minimum Gasteiger partial charge on any atom is -0.402 e. The highest BCUT2D eigenvalue weighted by atomic mass is 14.6. The minimum absolute atomic E-state index is 0.634. The molecule has 1 aliphatic carbocycles. The van der Waals surface area contributed by atoms with Gasteiger partial charge in [0, 0.05) is 5.70 Å². The Kier molecular flexibility index (Phi) is 1.60. The van der Waals surface area contributed by atoms with E-state index in [4.69, 9.17) is 5.73 Å². The number of hydrogen-bond acceptors (Lipinski definition) is 1. The summed E-state index contributed by atoms with van der Waals surface area (Å²) >= 11 is 0. The van der Waals surface area contributed by atoms with Gasteiger partial charge in [-0.15, -0.1) is 0 Å². The van der Waals surface area contributed by atoms with Crippen LogP contribution in [0.2, 0.25) is 0 Å². The van der Waals surface area contributed by atoms with Gasteiger partial charge in [-0.2, -0.15) is 0 Å². The molecule has 2 N–H and O–H groups in total. The number of allylic oxidation sites excluding steroid dienone is 4. The predicted octanol–water partition coefficient (Wildman–Crippen LogP) is 1.82. The summed E-state index contributed by atoms with van der Waals surface area (Å²) < 4.78 is 0. The molecule has 1 heteroatoms. The molecule has 0 bridgehead atoms. The molecule has 0 aromatic heterocycles. The van der Waals surface area contributed by atoms with Gasteiger partial charge in [-0.1, -0.05) is 18.6 Å². The lowest BCUT2D eigenvalue weighted by Crippen LogP contribution is -2.06. The van der Waals surface area contributed by atoms with E-state index >= 15 is 0 Å². The van der Waals surface area contributed by atoms with Crippen molar-refractivity contribution in [3.8, 4) is 0 Å². The monoisotopic (exact) mass is 123 g/mol. The highest BCUT2D eigenvalue weighted by Crippen LogP contribution is 2.18. The Morgan fingerprint density at radius 3 is 2.78 bits per heavy atom. The fourth-order valence-corrected chi connectivity index (χ4v) is 1.28. The van der Waals surface area contributed by atoms with E-state index in [2.05, 4.69) is 19.9 Å². The van der Waals surface area contributed by atoms with Crippen molar-refractivity contribution in [2.45, 2.75) is 20.3 Å². The van der Waals surface area contributed by atoms with E-state index in [1.165, 1.54) is 5.57 Å². The molecule has 0 spiro atoms. The van der Waals surface area contributed by atoms with Crippen LogP contribution in [0.1, 0.15) is 20.3 Å². The summed E-state index contributed by atoms with van der Waals surface area (Å²) in [6.07, 6.45) is 5.31. The van der Waals surface area contributed by atoms with Crippen molar-refractivity contribution in [1.82, 2.24) is 0 Å². The molecule has 1 rings (SSSR count). The van der Waals surface area contributed by atoms with Gasteiger partial charge in [0.05, 0.1) is 0 Å². The highest BCUT2D eigenvalue weighted by Gasteiger charge is 2.04. The summed E-state index contributed by atoms with van der Waals surface area (Å²) in [5, 5.41) is 0. The first-order valence-corrected chi connectivity index (χ1v) is 3.33. The topological polar surface area (TPSA) is 26.0 Å². The van der Waals surface area contributed by atoms with E-state index < -0.39 is 0 Å². The quantitative estimate of drug-likeness (QED) is 0.522. The van der Waals surface area contributed by atoms with E-state index in [0.29, 0.717) is 5.92 Å². The van der Waals surface area contributed by atoms with Crippen molar-refractivity contribution in [2.75, 3.05) is 0 Å². The summed E-state index contributed by atoms with van der Waals surface area (Å²) in [6.45, 7) is 4.27. The van der Waals surface area contributed by atoms with Crippen molar-refractivity contribution in [3.63, 3.8) is 0 Å². The highest BCUT2D eigenvalue weighted by molar-refractivity contribution is 5.25. The average Bonchev–Trinajstić information content (AvgIpc) is 1.59. The molecule has 0 aliphatic heterocycles. The van der Waals surface area contributed by atoms with Crippen LogP contribution < -0.4 is 5.73 Å².